The second-order valence-electron chi connectivity index (χ2n) is 9.97. The first-order valence-electron chi connectivity index (χ1n) is 13.2. The van der Waals surface area contributed by atoms with E-state index in [0.29, 0.717) is 18.6 Å². The van der Waals surface area contributed by atoms with Gasteiger partial charge >= 0.3 is 0 Å². The summed E-state index contributed by atoms with van der Waals surface area (Å²) in [6, 6.07) is 18.8. The minimum Gasteiger partial charge on any atom is -0.491 e. The van der Waals surface area contributed by atoms with Gasteiger partial charge in [-0.05, 0) is 74.2 Å². The number of ether oxygens (including phenoxy) is 1. The van der Waals surface area contributed by atoms with Gasteiger partial charge < -0.3 is 14.6 Å². The maximum absolute atomic E-state index is 13.8. The van der Waals surface area contributed by atoms with Gasteiger partial charge in [-0.15, -0.1) is 0 Å². The number of imidazole rings is 1. The molecule has 1 aliphatic carbocycles. The van der Waals surface area contributed by atoms with Crippen molar-refractivity contribution in [2.75, 3.05) is 11.9 Å². The Morgan fingerprint density at radius 3 is 2.61 bits per heavy atom. The van der Waals surface area contributed by atoms with Crippen LogP contribution in [0, 0.1) is 5.82 Å². The van der Waals surface area contributed by atoms with Crippen molar-refractivity contribution < 1.29 is 9.13 Å². The van der Waals surface area contributed by atoms with Crippen molar-refractivity contribution in [2.45, 2.75) is 44.2 Å². The fourth-order valence-corrected chi connectivity index (χ4v) is 5.36. The third kappa shape index (κ3) is 4.16. The van der Waals surface area contributed by atoms with Crippen molar-refractivity contribution >= 4 is 16.9 Å². The molecule has 1 fully saturated rings. The molecule has 38 heavy (non-hydrogen) atoms. The average Bonchev–Trinajstić information content (AvgIpc) is 3.50. The summed E-state index contributed by atoms with van der Waals surface area (Å²) in [5, 5.41) is 4.45. The Labute approximate surface area is 219 Å². The molecule has 1 N–H and O–H groups in total. The van der Waals surface area contributed by atoms with Gasteiger partial charge in [-0.1, -0.05) is 12.1 Å². The van der Waals surface area contributed by atoms with Crippen molar-refractivity contribution in [3.8, 4) is 28.4 Å². The highest BCUT2D eigenvalue weighted by molar-refractivity contribution is 5.84. The summed E-state index contributed by atoms with van der Waals surface area (Å²) in [6.45, 7) is 0.492. The molecule has 1 atom stereocenters. The summed E-state index contributed by atoms with van der Waals surface area (Å²) in [7, 11) is 0. The Bertz CT molecular complexity index is 1610. The van der Waals surface area contributed by atoms with Gasteiger partial charge in [0.2, 0.25) is 5.95 Å². The number of benzene rings is 2. The second-order valence-corrected chi connectivity index (χ2v) is 9.97. The van der Waals surface area contributed by atoms with E-state index < -0.39 is 0 Å². The first kappa shape index (κ1) is 22.8. The highest BCUT2D eigenvalue weighted by atomic mass is 19.1. The summed E-state index contributed by atoms with van der Waals surface area (Å²) >= 11 is 0. The van der Waals surface area contributed by atoms with Gasteiger partial charge in [0.25, 0.3) is 0 Å². The first-order valence-corrected chi connectivity index (χ1v) is 13.2. The van der Waals surface area contributed by atoms with Crippen LogP contribution in [-0.2, 0) is 6.42 Å². The zero-order valence-electron chi connectivity index (χ0n) is 20.8. The van der Waals surface area contributed by atoms with Crippen LogP contribution >= 0.6 is 0 Å². The molecule has 0 saturated heterocycles. The van der Waals surface area contributed by atoms with Crippen molar-refractivity contribution in [3.63, 3.8) is 0 Å². The number of rotatable bonds is 7. The molecule has 0 amide bonds. The fraction of sp³-hybridized carbons (Fsp3) is 0.267. The number of nitrogens with zero attached hydrogens (tertiary/aromatic N) is 5. The third-order valence-corrected chi connectivity index (χ3v) is 7.54. The zero-order valence-corrected chi connectivity index (χ0v) is 20.8. The number of hydrogen-bond acceptors (Lipinski definition) is 6. The molecular weight excluding hydrogens is 479 g/mol. The molecule has 4 heterocycles. The number of nitrogens with one attached hydrogen (secondary N) is 1. The number of fused-ring (bicyclic) bond motifs is 2. The predicted molar refractivity (Wildman–Crippen MR) is 145 cm³/mol. The number of pyridine rings is 1. The Kier molecular flexibility index (Phi) is 5.72. The largest absolute Gasteiger partial charge is 0.491 e. The lowest BCUT2D eigenvalue weighted by Crippen LogP contribution is -2.28. The van der Waals surface area contributed by atoms with Gasteiger partial charge in [0.1, 0.15) is 24.0 Å². The Morgan fingerprint density at radius 1 is 0.921 bits per heavy atom. The quantitative estimate of drug-likeness (QED) is 0.282. The molecule has 7 rings (SSSR count). The van der Waals surface area contributed by atoms with Crippen LogP contribution in [0.2, 0.25) is 0 Å². The topological polar surface area (TPSA) is 77.8 Å². The maximum Gasteiger partial charge on any atom is 0.223 e. The standard InChI is InChI=1S/C30H27FN6O/c31-20-10-8-19(9-11-20)28-29(25-14-16-33-30(35-25)34-21-4-3-5-21)37-22(12-13-27(37)36-28)18-38-26-15-17-32-24-7-2-1-6-23(24)26/h1-2,6-11,14-17,21-22H,3-5,12-13,18H2,(H,33,34,35). The molecule has 5 aromatic rings. The molecule has 7 nitrogen and oxygen atoms in total. The molecular formula is C30H27FN6O. The molecule has 3 aromatic heterocycles. The van der Waals surface area contributed by atoms with Gasteiger partial charge in [-0.2, -0.15) is 0 Å². The average molecular weight is 507 g/mol. The molecule has 8 heteroatoms. The van der Waals surface area contributed by atoms with Crippen molar-refractivity contribution in [1.82, 2.24) is 24.5 Å². The van der Waals surface area contributed by atoms with E-state index in [9.17, 15) is 4.39 Å². The molecule has 0 radical (unpaired) electrons. The Balaban J connectivity index is 1.27. The van der Waals surface area contributed by atoms with Gasteiger partial charge in [0, 0.05) is 35.8 Å². The lowest BCUT2D eigenvalue weighted by atomic mass is 9.93. The highest BCUT2D eigenvalue weighted by Gasteiger charge is 2.31. The summed E-state index contributed by atoms with van der Waals surface area (Å²) in [4.78, 5) is 18.9. The molecule has 0 spiro atoms. The van der Waals surface area contributed by atoms with Crippen LogP contribution < -0.4 is 10.1 Å². The fourth-order valence-electron chi connectivity index (χ4n) is 5.36. The molecule has 190 valence electrons. The number of halogens is 1. The van der Waals surface area contributed by atoms with E-state index in [1.165, 1.54) is 18.6 Å². The number of anilines is 1. The number of aryl methyl sites for hydroxylation is 1. The summed E-state index contributed by atoms with van der Waals surface area (Å²) < 4.78 is 22.4. The summed E-state index contributed by atoms with van der Waals surface area (Å²) in [6.07, 6.45) is 8.83. The minimum absolute atomic E-state index is 0.0756. The van der Waals surface area contributed by atoms with Crippen molar-refractivity contribution in [2.24, 2.45) is 0 Å². The van der Waals surface area contributed by atoms with Crippen LogP contribution in [0.15, 0.2) is 73.1 Å². The molecule has 1 saturated carbocycles. The van der Waals surface area contributed by atoms with E-state index in [1.54, 1.807) is 24.5 Å². The monoisotopic (exact) mass is 506 g/mol. The maximum atomic E-state index is 13.8. The van der Waals surface area contributed by atoms with E-state index in [0.717, 1.165) is 70.8 Å². The van der Waals surface area contributed by atoms with Crippen LogP contribution in [0.1, 0.15) is 37.5 Å². The van der Waals surface area contributed by atoms with Gasteiger partial charge in [-0.3, -0.25) is 4.98 Å². The van der Waals surface area contributed by atoms with E-state index >= 15 is 0 Å². The minimum atomic E-state index is -0.271. The lowest BCUT2D eigenvalue weighted by Gasteiger charge is -2.26. The Hall–Kier alpha value is -4.33. The van der Waals surface area contributed by atoms with Crippen molar-refractivity contribution in [3.05, 3.63) is 84.7 Å². The Morgan fingerprint density at radius 2 is 1.76 bits per heavy atom. The van der Waals surface area contributed by atoms with Gasteiger partial charge in [0.05, 0.1) is 28.6 Å². The SMILES string of the molecule is Fc1ccc(-c2nc3n(c2-c2ccnc(NC4CCC4)n2)C(COc2ccnc4ccccc24)CC3)cc1. The van der Waals surface area contributed by atoms with Crippen LogP contribution in [0.25, 0.3) is 33.5 Å². The molecule has 1 unspecified atom stereocenters. The molecule has 0 bridgehead atoms. The van der Waals surface area contributed by atoms with Crippen LogP contribution in [0.3, 0.4) is 0 Å². The van der Waals surface area contributed by atoms with E-state index in [2.05, 4.69) is 19.9 Å². The third-order valence-electron chi connectivity index (χ3n) is 7.54. The molecule has 2 aliphatic rings. The second kappa shape index (κ2) is 9.52. The van der Waals surface area contributed by atoms with E-state index in [4.69, 9.17) is 14.7 Å². The van der Waals surface area contributed by atoms with Crippen LogP contribution in [0.5, 0.6) is 5.75 Å². The predicted octanol–water partition coefficient (Wildman–Crippen LogP) is 6.23. The van der Waals surface area contributed by atoms with Gasteiger partial charge in [-0.25, -0.2) is 19.3 Å². The van der Waals surface area contributed by atoms with Crippen molar-refractivity contribution in [1.29, 1.82) is 0 Å². The van der Waals surface area contributed by atoms with Crippen LogP contribution in [0.4, 0.5) is 10.3 Å². The number of hydrogen-bond donors (Lipinski definition) is 1. The van der Waals surface area contributed by atoms with E-state index in [1.807, 2.05) is 36.4 Å². The molecule has 1 aliphatic heterocycles. The number of para-hydroxylation sites is 1. The highest BCUT2D eigenvalue weighted by Crippen LogP contribution is 2.40. The smallest absolute Gasteiger partial charge is 0.223 e. The van der Waals surface area contributed by atoms with Crippen LogP contribution in [-0.4, -0.2) is 37.2 Å². The lowest BCUT2D eigenvalue weighted by molar-refractivity contribution is 0.258. The van der Waals surface area contributed by atoms with E-state index in [-0.39, 0.29) is 11.9 Å². The molecule has 2 aromatic carbocycles. The van der Waals surface area contributed by atoms with Gasteiger partial charge in [0.15, 0.2) is 0 Å². The normalized spacial score (nSPS) is 16.8. The summed E-state index contributed by atoms with van der Waals surface area (Å²) in [5.74, 6) is 2.16. The zero-order chi connectivity index (χ0) is 25.5. The first-order chi connectivity index (χ1) is 18.7. The number of aromatic nitrogens is 5. The summed E-state index contributed by atoms with van der Waals surface area (Å²) in [5.41, 5.74) is 4.27.